The first-order valence-electron chi connectivity index (χ1n) is 5.81. The summed E-state index contributed by atoms with van der Waals surface area (Å²) in [4.78, 5) is 0. The van der Waals surface area contributed by atoms with E-state index in [-0.39, 0.29) is 0 Å². The minimum Gasteiger partial charge on any atom is -0.304 e. The Hall–Kier alpha value is -1.25. The average Bonchev–Trinajstić information content (AvgIpc) is 2.41. The maximum atomic E-state index is 3.43. The van der Waals surface area contributed by atoms with Gasteiger partial charge in [-0.1, -0.05) is 60.7 Å². The summed E-state index contributed by atoms with van der Waals surface area (Å²) >= 11 is 1.91. The maximum Gasteiger partial charge on any atom is 0.0423 e. The fourth-order valence-corrected chi connectivity index (χ4v) is 2.38. The molecule has 0 radical (unpaired) electrons. The maximum absolute atomic E-state index is 3.43. The predicted octanol–water partition coefficient (Wildman–Crippen LogP) is 3.67. The highest BCUT2D eigenvalue weighted by Crippen LogP contribution is 2.10. The van der Waals surface area contributed by atoms with Gasteiger partial charge >= 0.3 is 0 Å². The lowest BCUT2D eigenvalue weighted by Gasteiger charge is -2.04. The minimum atomic E-state index is 0.947. The van der Waals surface area contributed by atoms with E-state index in [1.54, 1.807) is 0 Å². The quantitative estimate of drug-likeness (QED) is 0.614. The van der Waals surface area contributed by atoms with Crippen LogP contribution >= 0.6 is 11.8 Å². The smallest absolute Gasteiger partial charge is 0.0423 e. The zero-order valence-corrected chi connectivity index (χ0v) is 10.6. The molecule has 1 N–H and O–H groups in total. The highest BCUT2D eigenvalue weighted by molar-refractivity contribution is 7.98. The Balaban J connectivity index is 1.61. The molecule has 0 saturated heterocycles. The minimum absolute atomic E-state index is 0.947. The Morgan fingerprint density at radius 2 is 1.35 bits per heavy atom. The van der Waals surface area contributed by atoms with Crippen LogP contribution in [0, 0.1) is 0 Å². The van der Waals surface area contributed by atoms with Crippen molar-refractivity contribution in [1.82, 2.24) is 5.32 Å². The number of thioether (sulfide) groups is 1. The second kappa shape index (κ2) is 7.15. The fourth-order valence-electron chi connectivity index (χ4n) is 1.61. The molecule has 2 heteroatoms. The van der Waals surface area contributed by atoms with E-state index in [4.69, 9.17) is 0 Å². The van der Waals surface area contributed by atoms with Crippen LogP contribution in [-0.2, 0) is 12.3 Å². The highest BCUT2D eigenvalue weighted by Gasteiger charge is 1.93. The fraction of sp³-hybridized carbons (Fsp3) is 0.200. The molecule has 0 bridgehead atoms. The third kappa shape index (κ3) is 4.63. The molecule has 0 aromatic heterocycles. The molecule has 88 valence electrons. The molecule has 0 heterocycles. The molecule has 0 unspecified atom stereocenters. The van der Waals surface area contributed by atoms with Crippen LogP contribution in [0.1, 0.15) is 11.1 Å². The summed E-state index contributed by atoms with van der Waals surface area (Å²) in [5, 5.41) is 3.43. The predicted molar refractivity (Wildman–Crippen MR) is 75.9 cm³/mol. The first-order chi connectivity index (χ1) is 8.45. The van der Waals surface area contributed by atoms with Crippen LogP contribution in [0.15, 0.2) is 60.7 Å². The van der Waals surface area contributed by atoms with Gasteiger partial charge in [-0.15, -0.1) is 11.8 Å². The SMILES string of the molecule is c1ccc(CNCSCc2ccccc2)cc1. The molecular weight excluding hydrogens is 226 g/mol. The first-order valence-corrected chi connectivity index (χ1v) is 6.97. The van der Waals surface area contributed by atoms with Gasteiger partial charge in [-0.05, 0) is 11.1 Å². The molecule has 0 fully saturated rings. The number of benzene rings is 2. The standard InChI is InChI=1S/C15H17NS/c1-3-7-14(8-4-1)11-16-13-17-12-15-9-5-2-6-10-15/h1-10,16H,11-13H2. The van der Waals surface area contributed by atoms with Crippen molar-refractivity contribution in [2.24, 2.45) is 0 Å². The Morgan fingerprint density at radius 1 is 0.765 bits per heavy atom. The molecule has 0 aliphatic carbocycles. The number of rotatable bonds is 6. The van der Waals surface area contributed by atoms with Crippen molar-refractivity contribution < 1.29 is 0 Å². The largest absolute Gasteiger partial charge is 0.304 e. The summed E-state index contributed by atoms with van der Waals surface area (Å²) in [6.45, 7) is 0.947. The Morgan fingerprint density at radius 3 is 2.00 bits per heavy atom. The highest BCUT2D eigenvalue weighted by atomic mass is 32.2. The van der Waals surface area contributed by atoms with E-state index in [0.29, 0.717) is 0 Å². The van der Waals surface area contributed by atoms with Crippen molar-refractivity contribution in [2.75, 3.05) is 5.88 Å². The van der Waals surface area contributed by atoms with E-state index < -0.39 is 0 Å². The van der Waals surface area contributed by atoms with Crippen LogP contribution in [0.4, 0.5) is 0 Å². The zero-order valence-electron chi connectivity index (χ0n) is 9.80. The molecule has 0 atom stereocenters. The number of nitrogens with one attached hydrogen (secondary N) is 1. The normalized spacial score (nSPS) is 10.4. The van der Waals surface area contributed by atoms with E-state index >= 15 is 0 Å². The Kier molecular flexibility index (Phi) is 5.14. The van der Waals surface area contributed by atoms with Crippen LogP contribution < -0.4 is 5.32 Å². The van der Waals surface area contributed by atoms with Crippen LogP contribution in [0.3, 0.4) is 0 Å². The average molecular weight is 243 g/mol. The molecule has 0 spiro atoms. The van der Waals surface area contributed by atoms with E-state index in [1.807, 2.05) is 17.8 Å². The topological polar surface area (TPSA) is 12.0 Å². The molecule has 0 saturated carbocycles. The Labute approximate surface area is 107 Å². The first kappa shape index (κ1) is 12.2. The molecule has 0 amide bonds. The van der Waals surface area contributed by atoms with Crippen molar-refractivity contribution in [3.63, 3.8) is 0 Å². The Bertz CT molecular complexity index is 372. The third-order valence-corrected chi connectivity index (χ3v) is 3.43. The second-order valence-electron chi connectivity index (χ2n) is 3.89. The van der Waals surface area contributed by atoms with Crippen molar-refractivity contribution in [2.45, 2.75) is 12.3 Å². The van der Waals surface area contributed by atoms with Gasteiger partial charge < -0.3 is 5.32 Å². The van der Waals surface area contributed by atoms with Gasteiger partial charge in [0, 0.05) is 18.2 Å². The summed E-state index contributed by atoms with van der Waals surface area (Å²) in [6, 6.07) is 21.1. The molecule has 2 aromatic carbocycles. The lowest BCUT2D eigenvalue weighted by Crippen LogP contribution is -2.12. The molecule has 2 rings (SSSR count). The van der Waals surface area contributed by atoms with Gasteiger partial charge in [0.05, 0.1) is 0 Å². The molecule has 0 aliphatic heterocycles. The van der Waals surface area contributed by atoms with Crippen LogP contribution in [0.25, 0.3) is 0 Å². The molecule has 0 aliphatic rings. The van der Waals surface area contributed by atoms with Crippen LogP contribution in [0.2, 0.25) is 0 Å². The van der Waals surface area contributed by atoms with Gasteiger partial charge in [-0.25, -0.2) is 0 Å². The van der Waals surface area contributed by atoms with E-state index in [1.165, 1.54) is 11.1 Å². The summed E-state index contributed by atoms with van der Waals surface area (Å²) in [5.74, 6) is 2.06. The number of hydrogen-bond acceptors (Lipinski definition) is 2. The van der Waals surface area contributed by atoms with Gasteiger partial charge in [0.1, 0.15) is 0 Å². The van der Waals surface area contributed by atoms with E-state index in [9.17, 15) is 0 Å². The monoisotopic (exact) mass is 243 g/mol. The van der Waals surface area contributed by atoms with Crippen molar-refractivity contribution in [3.05, 3.63) is 71.8 Å². The van der Waals surface area contributed by atoms with E-state index in [2.05, 4.69) is 59.9 Å². The molecular formula is C15H17NS. The van der Waals surface area contributed by atoms with Gasteiger partial charge in [0.15, 0.2) is 0 Å². The van der Waals surface area contributed by atoms with E-state index in [0.717, 1.165) is 18.2 Å². The summed E-state index contributed by atoms with van der Waals surface area (Å²) in [7, 11) is 0. The zero-order chi connectivity index (χ0) is 11.8. The van der Waals surface area contributed by atoms with Gasteiger partial charge in [-0.2, -0.15) is 0 Å². The third-order valence-electron chi connectivity index (χ3n) is 2.49. The van der Waals surface area contributed by atoms with Crippen molar-refractivity contribution in [3.8, 4) is 0 Å². The summed E-state index contributed by atoms with van der Waals surface area (Å²) in [6.07, 6.45) is 0. The number of hydrogen-bond donors (Lipinski definition) is 1. The summed E-state index contributed by atoms with van der Waals surface area (Å²) in [5.41, 5.74) is 2.73. The van der Waals surface area contributed by atoms with Gasteiger partial charge in [0.25, 0.3) is 0 Å². The molecule has 17 heavy (non-hydrogen) atoms. The lowest BCUT2D eigenvalue weighted by atomic mass is 10.2. The second-order valence-corrected chi connectivity index (χ2v) is 4.88. The van der Waals surface area contributed by atoms with Crippen molar-refractivity contribution in [1.29, 1.82) is 0 Å². The van der Waals surface area contributed by atoms with Gasteiger partial charge in [-0.3, -0.25) is 0 Å². The lowest BCUT2D eigenvalue weighted by molar-refractivity contribution is 0.796. The van der Waals surface area contributed by atoms with Gasteiger partial charge in [0.2, 0.25) is 0 Å². The molecule has 2 aromatic rings. The van der Waals surface area contributed by atoms with Crippen LogP contribution in [-0.4, -0.2) is 5.88 Å². The summed E-state index contributed by atoms with van der Waals surface area (Å²) < 4.78 is 0. The van der Waals surface area contributed by atoms with Crippen molar-refractivity contribution >= 4 is 11.8 Å². The molecule has 1 nitrogen and oxygen atoms in total. The van der Waals surface area contributed by atoms with Crippen LogP contribution in [0.5, 0.6) is 0 Å².